The number of hydrogen-bond donors (Lipinski definition) is 2. The standard InChI is InChI=1S/C13H19N3O2/c1-14-10-7-8-16(9-10)13(17)15-11-5-3-4-6-12(11)18-2/h3-6,10,14H,7-9H2,1-2H3,(H,15,17)/t10-/m0/s1. The molecule has 1 heterocycles. The van der Waals surface area contributed by atoms with E-state index in [1.165, 1.54) is 0 Å². The number of nitrogens with zero attached hydrogens (tertiary/aromatic N) is 1. The van der Waals surface area contributed by atoms with Gasteiger partial charge in [0.1, 0.15) is 5.75 Å². The van der Waals surface area contributed by atoms with Crippen molar-refractivity contribution in [2.75, 3.05) is 32.6 Å². The molecule has 2 amide bonds. The van der Waals surface area contributed by atoms with E-state index in [4.69, 9.17) is 4.74 Å². The second-order valence-electron chi connectivity index (χ2n) is 4.35. The number of carbonyl (C=O) groups is 1. The molecule has 0 saturated carbocycles. The number of benzene rings is 1. The van der Waals surface area contributed by atoms with E-state index < -0.39 is 0 Å². The Bertz CT molecular complexity index is 422. The minimum atomic E-state index is -0.0720. The van der Waals surface area contributed by atoms with E-state index in [2.05, 4.69) is 10.6 Å². The van der Waals surface area contributed by atoms with Gasteiger partial charge in [-0.25, -0.2) is 4.79 Å². The number of amides is 2. The topological polar surface area (TPSA) is 53.6 Å². The first-order valence-electron chi connectivity index (χ1n) is 6.11. The lowest BCUT2D eigenvalue weighted by Crippen LogP contribution is -2.36. The fourth-order valence-electron chi connectivity index (χ4n) is 2.12. The average molecular weight is 249 g/mol. The summed E-state index contributed by atoms with van der Waals surface area (Å²) < 4.78 is 5.21. The number of methoxy groups -OCH3 is 1. The van der Waals surface area contributed by atoms with Gasteiger partial charge in [0.15, 0.2) is 0 Å². The molecule has 0 radical (unpaired) electrons. The van der Waals surface area contributed by atoms with Gasteiger partial charge in [0.25, 0.3) is 0 Å². The van der Waals surface area contributed by atoms with Gasteiger partial charge >= 0.3 is 6.03 Å². The summed E-state index contributed by atoms with van der Waals surface area (Å²) in [5, 5.41) is 6.07. The molecule has 18 heavy (non-hydrogen) atoms. The molecule has 1 aliphatic rings. The molecule has 2 rings (SSSR count). The second-order valence-corrected chi connectivity index (χ2v) is 4.35. The van der Waals surface area contributed by atoms with Crippen molar-refractivity contribution in [1.82, 2.24) is 10.2 Å². The van der Waals surface area contributed by atoms with Crippen LogP contribution in [-0.2, 0) is 0 Å². The molecule has 0 unspecified atom stereocenters. The van der Waals surface area contributed by atoms with Crippen molar-refractivity contribution in [2.45, 2.75) is 12.5 Å². The number of nitrogens with one attached hydrogen (secondary N) is 2. The minimum absolute atomic E-state index is 0.0720. The van der Waals surface area contributed by atoms with Gasteiger partial charge in [-0.05, 0) is 25.6 Å². The summed E-state index contributed by atoms with van der Waals surface area (Å²) in [5.74, 6) is 0.676. The molecule has 98 valence electrons. The predicted octanol–water partition coefficient (Wildman–Crippen LogP) is 1.52. The predicted molar refractivity (Wildman–Crippen MR) is 71.1 cm³/mol. The number of anilines is 1. The quantitative estimate of drug-likeness (QED) is 0.854. The number of hydrogen-bond acceptors (Lipinski definition) is 3. The monoisotopic (exact) mass is 249 g/mol. The van der Waals surface area contributed by atoms with E-state index in [1.54, 1.807) is 7.11 Å². The van der Waals surface area contributed by atoms with Crippen molar-refractivity contribution in [3.8, 4) is 5.75 Å². The normalized spacial score (nSPS) is 18.8. The number of likely N-dealkylation sites (tertiary alicyclic amines) is 1. The summed E-state index contributed by atoms with van der Waals surface area (Å²) in [5.41, 5.74) is 0.706. The van der Waals surface area contributed by atoms with Gasteiger partial charge in [0.2, 0.25) is 0 Å². The third kappa shape index (κ3) is 2.73. The largest absolute Gasteiger partial charge is 0.495 e. The lowest BCUT2D eigenvalue weighted by atomic mass is 10.3. The fourth-order valence-corrected chi connectivity index (χ4v) is 2.12. The van der Waals surface area contributed by atoms with Gasteiger partial charge in [-0.2, -0.15) is 0 Å². The smallest absolute Gasteiger partial charge is 0.322 e. The van der Waals surface area contributed by atoms with Gasteiger partial charge in [0, 0.05) is 19.1 Å². The molecule has 1 aromatic rings. The number of carbonyl (C=O) groups excluding carboxylic acids is 1. The molecule has 0 aromatic heterocycles. The Kier molecular flexibility index (Phi) is 4.04. The SMILES string of the molecule is CN[C@H]1CCN(C(=O)Nc2ccccc2OC)C1. The Labute approximate surface area is 107 Å². The zero-order valence-corrected chi connectivity index (χ0v) is 10.8. The summed E-state index contributed by atoms with van der Waals surface area (Å²) >= 11 is 0. The average Bonchev–Trinajstić information content (AvgIpc) is 2.88. The molecule has 1 aromatic carbocycles. The number of urea groups is 1. The first-order valence-corrected chi connectivity index (χ1v) is 6.11. The Hall–Kier alpha value is -1.75. The third-order valence-corrected chi connectivity index (χ3v) is 3.23. The van der Waals surface area contributed by atoms with Crippen LogP contribution < -0.4 is 15.4 Å². The second kappa shape index (κ2) is 5.73. The van der Waals surface area contributed by atoms with Crippen molar-refractivity contribution in [3.63, 3.8) is 0 Å². The molecule has 5 nitrogen and oxygen atoms in total. The van der Waals surface area contributed by atoms with Gasteiger partial charge in [-0.15, -0.1) is 0 Å². The summed E-state index contributed by atoms with van der Waals surface area (Å²) in [7, 11) is 3.52. The summed E-state index contributed by atoms with van der Waals surface area (Å²) in [6.45, 7) is 1.53. The molecule has 0 spiro atoms. The van der Waals surface area contributed by atoms with Crippen molar-refractivity contribution in [2.24, 2.45) is 0 Å². The van der Waals surface area contributed by atoms with Crippen LogP contribution in [0.2, 0.25) is 0 Å². The van der Waals surface area contributed by atoms with Crippen molar-refractivity contribution in [3.05, 3.63) is 24.3 Å². The van der Waals surface area contributed by atoms with Crippen LogP contribution in [0.4, 0.5) is 10.5 Å². The molecule has 2 N–H and O–H groups in total. The van der Waals surface area contributed by atoms with Crippen LogP contribution in [-0.4, -0.2) is 44.2 Å². The maximum atomic E-state index is 12.1. The van der Waals surface area contributed by atoms with Crippen LogP contribution in [0.5, 0.6) is 5.75 Å². The molecule has 1 aliphatic heterocycles. The summed E-state index contributed by atoms with van der Waals surface area (Å²) in [6.07, 6.45) is 0.996. The van der Waals surface area contributed by atoms with E-state index in [9.17, 15) is 4.79 Å². The number of ether oxygens (including phenoxy) is 1. The van der Waals surface area contributed by atoms with Gasteiger partial charge in [0.05, 0.1) is 12.8 Å². The van der Waals surface area contributed by atoms with Gasteiger partial charge in [-0.3, -0.25) is 0 Å². The number of rotatable bonds is 3. The number of likely N-dealkylation sites (N-methyl/N-ethyl adjacent to an activating group) is 1. The Morgan fingerprint density at radius 3 is 2.89 bits per heavy atom. The highest BCUT2D eigenvalue weighted by molar-refractivity contribution is 5.91. The van der Waals surface area contributed by atoms with E-state index in [-0.39, 0.29) is 6.03 Å². The van der Waals surface area contributed by atoms with E-state index in [0.717, 1.165) is 19.5 Å². The van der Waals surface area contributed by atoms with Crippen molar-refractivity contribution < 1.29 is 9.53 Å². The van der Waals surface area contributed by atoms with Crippen LogP contribution in [0.25, 0.3) is 0 Å². The van der Waals surface area contributed by atoms with Crippen LogP contribution in [0.15, 0.2) is 24.3 Å². The maximum Gasteiger partial charge on any atom is 0.322 e. The van der Waals surface area contributed by atoms with Crippen molar-refractivity contribution in [1.29, 1.82) is 0 Å². The number of para-hydroxylation sites is 2. The first-order chi connectivity index (χ1) is 8.74. The van der Waals surface area contributed by atoms with Crippen LogP contribution in [0.3, 0.4) is 0 Å². The van der Waals surface area contributed by atoms with Crippen LogP contribution >= 0.6 is 0 Å². The van der Waals surface area contributed by atoms with Gasteiger partial charge < -0.3 is 20.3 Å². The highest BCUT2D eigenvalue weighted by atomic mass is 16.5. The summed E-state index contributed by atoms with van der Waals surface area (Å²) in [6, 6.07) is 7.74. The van der Waals surface area contributed by atoms with E-state index in [1.807, 2.05) is 36.2 Å². The molecule has 0 bridgehead atoms. The van der Waals surface area contributed by atoms with Crippen molar-refractivity contribution >= 4 is 11.7 Å². The lowest BCUT2D eigenvalue weighted by molar-refractivity contribution is 0.221. The zero-order chi connectivity index (χ0) is 13.0. The maximum absolute atomic E-state index is 12.1. The van der Waals surface area contributed by atoms with Crippen LogP contribution in [0.1, 0.15) is 6.42 Å². The van der Waals surface area contributed by atoms with Crippen LogP contribution in [0, 0.1) is 0 Å². The molecule has 1 atom stereocenters. The molecule has 0 aliphatic carbocycles. The highest BCUT2D eigenvalue weighted by Gasteiger charge is 2.25. The Morgan fingerprint density at radius 2 is 2.22 bits per heavy atom. The molecule has 1 fully saturated rings. The lowest BCUT2D eigenvalue weighted by Gasteiger charge is -2.18. The molecule has 1 saturated heterocycles. The molecule has 5 heteroatoms. The van der Waals surface area contributed by atoms with E-state index >= 15 is 0 Å². The summed E-state index contributed by atoms with van der Waals surface area (Å²) in [4.78, 5) is 13.9. The Balaban J connectivity index is 1.99. The third-order valence-electron chi connectivity index (χ3n) is 3.23. The van der Waals surface area contributed by atoms with E-state index in [0.29, 0.717) is 17.5 Å². The Morgan fingerprint density at radius 1 is 1.44 bits per heavy atom. The minimum Gasteiger partial charge on any atom is -0.495 e. The zero-order valence-electron chi connectivity index (χ0n) is 10.8. The first kappa shape index (κ1) is 12.7. The molecular formula is C13H19N3O2. The van der Waals surface area contributed by atoms with Gasteiger partial charge in [-0.1, -0.05) is 12.1 Å². The molecular weight excluding hydrogens is 230 g/mol. The fraction of sp³-hybridized carbons (Fsp3) is 0.462. The highest BCUT2D eigenvalue weighted by Crippen LogP contribution is 2.23.